The number of anilines is 1. The van der Waals surface area contributed by atoms with Gasteiger partial charge in [-0.05, 0) is 44.9 Å². The molecule has 0 saturated carbocycles. The SMILES string of the molecule is CCc1ccccc1N(CC(=O)N[C@@H]1CC(C)(C)Oc2ccc(C)cc21)S(C)(=O)=O. The molecule has 0 unspecified atom stereocenters. The van der Waals surface area contributed by atoms with Crippen LogP contribution < -0.4 is 14.4 Å². The summed E-state index contributed by atoms with van der Waals surface area (Å²) in [6.45, 7) is 7.65. The molecule has 1 amide bonds. The fourth-order valence-corrected chi connectivity index (χ4v) is 4.79. The molecular weight excluding hydrogens is 400 g/mol. The lowest BCUT2D eigenvalue weighted by Crippen LogP contribution is -2.45. The summed E-state index contributed by atoms with van der Waals surface area (Å²) >= 11 is 0. The Morgan fingerprint density at radius 2 is 1.93 bits per heavy atom. The molecule has 0 radical (unpaired) electrons. The lowest BCUT2D eigenvalue weighted by molar-refractivity contribution is -0.120. The van der Waals surface area contributed by atoms with E-state index in [2.05, 4.69) is 5.32 Å². The second-order valence-corrected chi connectivity index (χ2v) is 10.4. The van der Waals surface area contributed by atoms with E-state index in [4.69, 9.17) is 4.74 Å². The Morgan fingerprint density at radius 3 is 2.60 bits per heavy atom. The molecule has 2 aromatic rings. The van der Waals surface area contributed by atoms with Gasteiger partial charge in [-0.15, -0.1) is 0 Å². The van der Waals surface area contributed by atoms with E-state index in [1.165, 1.54) is 4.31 Å². The van der Waals surface area contributed by atoms with E-state index >= 15 is 0 Å². The molecule has 2 aromatic carbocycles. The third kappa shape index (κ3) is 4.95. The Bertz CT molecular complexity index is 1050. The van der Waals surface area contributed by atoms with Crippen molar-refractivity contribution in [2.75, 3.05) is 17.1 Å². The highest BCUT2D eigenvalue weighted by molar-refractivity contribution is 7.92. The number of carbonyl (C=O) groups excluding carboxylic acids is 1. The number of nitrogens with zero attached hydrogens (tertiary/aromatic N) is 1. The highest BCUT2D eigenvalue weighted by Crippen LogP contribution is 2.39. The van der Waals surface area contributed by atoms with Gasteiger partial charge in [-0.3, -0.25) is 9.10 Å². The molecule has 6 nitrogen and oxygen atoms in total. The van der Waals surface area contributed by atoms with Gasteiger partial charge < -0.3 is 10.1 Å². The van der Waals surface area contributed by atoms with Crippen molar-refractivity contribution in [2.45, 2.75) is 52.2 Å². The van der Waals surface area contributed by atoms with Crippen LogP contribution in [0, 0.1) is 6.92 Å². The van der Waals surface area contributed by atoms with Gasteiger partial charge in [0.15, 0.2) is 0 Å². The van der Waals surface area contributed by atoms with Crippen LogP contribution in [0.4, 0.5) is 5.69 Å². The van der Waals surface area contributed by atoms with Crippen molar-refractivity contribution < 1.29 is 17.9 Å². The van der Waals surface area contributed by atoms with Crippen LogP contribution in [0.1, 0.15) is 49.9 Å². The first kappa shape index (κ1) is 22.2. The molecule has 3 rings (SSSR count). The Morgan fingerprint density at radius 1 is 1.23 bits per heavy atom. The maximum absolute atomic E-state index is 13.0. The molecule has 162 valence electrons. The number of nitrogens with one attached hydrogen (secondary N) is 1. The summed E-state index contributed by atoms with van der Waals surface area (Å²) in [5.41, 5.74) is 2.98. The number of benzene rings is 2. The van der Waals surface area contributed by atoms with Gasteiger partial charge >= 0.3 is 0 Å². The summed E-state index contributed by atoms with van der Waals surface area (Å²) in [6.07, 6.45) is 2.40. The van der Waals surface area contributed by atoms with E-state index in [0.717, 1.165) is 28.7 Å². The fourth-order valence-electron chi connectivity index (χ4n) is 3.91. The van der Waals surface area contributed by atoms with Crippen LogP contribution in [0.5, 0.6) is 5.75 Å². The summed E-state index contributed by atoms with van der Waals surface area (Å²) in [6, 6.07) is 12.9. The van der Waals surface area contributed by atoms with Gasteiger partial charge in [-0.2, -0.15) is 0 Å². The Labute approximate surface area is 179 Å². The van der Waals surface area contributed by atoms with Crippen molar-refractivity contribution in [1.82, 2.24) is 5.32 Å². The van der Waals surface area contributed by atoms with Crippen molar-refractivity contribution in [3.8, 4) is 5.75 Å². The quantitative estimate of drug-likeness (QED) is 0.757. The Kier molecular flexibility index (Phi) is 6.13. The predicted octanol–water partition coefficient (Wildman–Crippen LogP) is 3.74. The van der Waals surface area contributed by atoms with Crippen molar-refractivity contribution in [3.05, 3.63) is 59.2 Å². The zero-order chi connectivity index (χ0) is 22.1. The molecule has 0 saturated heterocycles. The van der Waals surface area contributed by atoms with Gasteiger partial charge in [0.25, 0.3) is 0 Å². The van der Waals surface area contributed by atoms with Gasteiger partial charge in [0.1, 0.15) is 17.9 Å². The third-order valence-electron chi connectivity index (χ3n) is 5.29. The monoisotopic (exact) mass is 430 g/mol. The highest BCUT2D eigenvalue weighted by atomic mass is 32.2. The van der Waals surface area contributed by atoms with Crippen LogP contribution in [-0.4, -0.2) is 32.7 Å². The van der Waals surface area contributed by atoms with E-state index in [-0.39, 0.29) is 18.5 Å². The van der Waals surface area contributed by atoms with Crippen LogP contribution in [-0.2, 0) is 21.2 Å². The van der Waals surface area contributed by atoms with Crippen LogP contribution in [0.25, 0.3) is 0 Å². The first-order valence-electron chi connectivity index (χ1n) is 10.1. The minimum absolute atomic E-state index is 0.251. The number of rotatable bonds is 6. The normalized spacial score (nSPS) is 17.6. The van der Waals surface area contributed by atoms with Crippen molar-refractivity contribution in [1.29, 1.82) is 0 Å². The van der Waals surface area contributed by atoms with Crippen molar-refractivity contribution in [3.63, 3.8) is 0 Å². The largest absolute Gasteiger partial charge is 0.487 e. The molecule has 1 aliphatic heterocycles. The average molecular weight is 431 g/mol. The van der Waals surface area contributed by atoms with Gasteiger partial charge in [0.05, 0.1) is 18.0 Å². The number of aryl methyl sites for hydroxylation is 2. The molecule has 7 heteroatoms. The molecule has 1 atom stereocenters. The van der Waals surface area contributed by atoms with Crippen LogP contribution in [0.3, 0.4) is 0 Å². The fraction of sp³-hybridized carbons (Fsp3) is 0.435. The van der Waals surface area contributed by atoms with E-state index in [1.807, 2.05) is 58.0 Å². The maximum Gasteiger partial charge on any atom is 0.241 e. The summed E-state index contributed by atoms with van der Waals surface area (Å²) < 4.78 is 32.2. The first-order chi connectivity index (χ1) is 14.0. The number of carbonyl (C=O) groups is 1. The maximum atomic E-state index is 13.0. The second-order valence-electron chi connectivity index (χ2n) is 8.48. The number of ether oxygens (including phenoxy) is 1. The topological polar surface area (TPSA) is 75.7 Å². The molecule has 0 spiro atoms. The van der Waals surface area contributed by atoms with E-state index in [0.29, 0.717) is 18.5 Å². The van der Waals surface area contributed by atoms with Gasteiger partial charge in [-0.25, -0.2) is 8.42 Å². The second kappa shape index (κ2) is 8.30. The number of fused-ring (bicyclic) bond motifs is 1. The zero-order valence-electron chi connectivity index (χ0n) is 18.2. The van der Waals surface area contributed by atoms with Crippen LogP contribution >= 0.6 is 0 Å². The molecular formula is C23H30N2O4S. The summed E-state index contributed by atoms with van der Waals surface area (Å²) in [7, 11) is -3.63. The van der Waals surface area contributed by atoms with Crippen molar-refractivity contribution in [2.24, 2.45) is 0 Å². The van der Waals surface area contributed by atoms with E-state index < -0.39 is 15.6 Å². The molecule has 1 heterocycles. The lowest BCUT2D eigenvalue weighted by atomic mass is 9.89. The number of amides is 1. The number of sulfonamides is 1. The predicted molar refractivity (Wildman–Crippen MR) is 119 cm³/mol. The summed E-state index contributed by atoms with van der Waals surface area (Å²) in [5, 5.41) is 3.04. The molecule has 1 aliphatic rings. The molecule has 0 aliphatic carbocycles. The first-order valence-corrected chi connectivity index (χ1v) is 12.0. The molecule has 0 bridgehead atoms. The number of para-hydroxylation sites is 1. The molecule has 0 aromatic heterocycles. The smallest absolute Gasteiger partial charge is 0.241 e. The van der Waals surface area contributed by atoms with Crippen LogP contribution in [0.2, 0.25) is 0 Å². The minimum atomic E-state index is -3.63. The molecule has 1 N–H and O–H groups in total. The Balaban J connectivity index is 1.87. The Hall–Kier alpha value is -2.54. The number of hydrogen-bond acceptors (Lipinski definition) is 4. The van der Waals surface area contributed by atoms with E-state index in [1.54, 1.807) is 12.1 Å². The standard InChI is InChI=1S/C23H30N2O4S/c1-6-17-9-7-8-10-20(17)25(30(5,27)28)15-22(26)24-19-14-23(3,4)29-21-12-11-16(2)13-18(19)21/h7-13,19H,6,14-15H2,1-5H3,(H,24,26)/t19-/m1/s1. The minimum Gasteiger partial charge on any atom is -0.487 e. The lowest BCUT2D eigenvalue weighted by Gasteiger charge is -2.38. The van der Waals surface area contributed by atoms with Crippen LogP contribution in [0.15, 0.2) is 42.5 Å². The zero-order valence-corrected chi connectivity index (χ0v) is 19.0. The number of hydrogen-bond donors (Lipinski definition) is 1. The summed E-state index contributed by atoms with van der Waals surface area (Å²) in [4.78, 5) is 13.0. The highest BCUT2D eigenvalue weighted by Gasteiger charge is 2.35. The van der Waals surface area contributed by atoms with Gasteiger partial charge in [-0.1, -0.05) is 42.8 Å². The third-order valence-corrected chi connectivity index (χ3v) is 6.41. The average Bonchev–Trinajstić information content (AvgIpc) is 2.65. The van der Waals surface area contributed by atoms with Gasteiger partial charge in [0, 0.05) is 12.0 Å². The van der Waals surface area contributed by atoms with E-state index in [9.17, 15) is 13.2 Å². The molecule has 0 fully saturated rings. The van der Waals surface area contributed by atoms with Gasteiger partial charge in [0.2, 0.25) is 15.9 Å². The van der Waals surface area contributed by atoms with Crippen molar-refractivity contribution >= 4 is 21.6 Å². The molecule has 30 heavy (non-hydrogen) atoms. The summed E-state index contributed by atoms with van der Waals surface area (Å²) in [5.74, 6) is 0.403.